The number of ether oxygens (including phenoxy) is 4. The summed E-state index contributed by atoms with van der Waals surface area (Å²) in [7, 11) is 0. The number of rotatable bonds is 3. The number of carbonyl (C=O) groups excluding carboxylic acids is 2. The minimum absolute atomic E-state index is 0.167. The van der Waals surface area contributed by atoms with Crippen molar-refractivity contribution in [2.75, 3.05) is 13.2 Å². The predicted octanol–water partition coefficient (Wildman–Crippen LogP) is 2.08. The molecule has 3 N–H and O–H groups in total. The Morgan fingerprint density at radius 2 is 1.81 bits per heavy atom. The van der Waals surface area contributed by atoms with Crippen LogP contribution < -0.4 is 0 Å². The number of hydrogen-bond donors (Lipinski definition) is 3. The maximum absolute atomic E-state index is 12.9. The van der Waals surface area contributed by atoms with E-state index in [1.165, 1.54) is 6.92 Å². The Labute approximate surface area is 212 Å². The van der Waals surface area contributed by atoms with Crippen LogP contribution in [0.4, 0.5) is 0 Å². The van der Waals surface area contributed by atoms with Crippen LogP contribution in [-0.4, -0.2) is 75.8 Å². The summed E-state index contributed by atoms with van der Waals surface area (Å²) >= 11 is 0. The quantitative estimate of drug-likeness (QED) is 0.488. The van der Waals surface area contributed by atoms with Gasteiger partial charge in [-0.25, -0.2) is 0 Å². The average molecular weight is 511 g/mol. The molecular formula is C27H42O9. The number of hydrogen-bond acceptors (Lipinski definition) is 9. The minimum Gasteiger partial charge on any atom is -0.466 e. The summed E-state index contributed by atoms with van der Waals surface area (Å²) in [6, 6.07) is 0. The number of aliphatic hydroxyl groups excluding tert-OH is 1. The molecule has 4 aliphatic carbocycles. The molecule has 1 saturated heterocycles. The summed E-state index contributed by atoms with van der Waals surface area (Å²) in [5.74, 6) is -2.99. The van der Waals surface area contributed by atoms with Crippen molar-refractivity contribution in [1.82, 2.24) is 0 Å². The van der Waals surface area contributed by atoms with E-state index in [-0.39, 0.29) is 37.9 Å². The highest BCUT2D eigenvalue weighted by atomic mass is 16.7. The number of aliphatic hydroxyl groups is 3. The van der Waals surface area contributed by atoms with E-state index in [0.717, 1.165) is 0 Å². The van der Waals surface area contributed by atoms with Gasteiger partial charge in [0.1, 0.15) is 6.10 Å². The van der Waals surface area contributed by atoms with Gasteiger partial charge in [-0.05, 0) is 58.8 Å². The molecule has 0 bridgehead atoms. The van der Waals surface area contributed by atoms with E-state index in [1.807, 2.05) is 20.8 Å². The molecule has 10 atom stereocenters. The molecular weight excluding hydrogens is 468 g/mol. The van der Waals surface area contributed by atoms with E-state index < -0.39 is 63.9 Å². The molecule has 204 valence electrons. The van der Waals surface area contributed by atoms with Crippen LogP contribution in [-0.2, 0) is 28.5 Å². The molecule has 4 saturated carbocycles. The molecule has 0 amide bonds. The maximum atomic E-state index is 12.9. The molecule has 10 unspecified atom stereocenters. The van der Waals surface area contributed by atoms with Crippen LogP contribution in [0.25, 0.3) is 0 Å². The molecule has 1 aliphatic heterocycles. The first-order chi connectivity index (χ1) is 16.7. The van der Waals surface area contributed by atoms with Crippen molar-refractivity contribution >= 4 is 11.9 Å². The van der Waals surface area contributed by atoms with Gasteiger partial charge < -0.3 is 34.3 Å². The third-order valence-corrected chi connectivity index (χ3v) is 10.6. The van der Waals surface area contributed by atoms with Gasteiger partial charge >= 0.3 is 11.9 Å². The van der Waals surface area contributed by atoms with Gasteiger partial charge in [0, 0.05) is 31.1 Å². The van der Waals surface area contributed by atoms with Crippen molar-refractivity contribution in [1.29, 1.82) is 0 Å². The average Bonchev–Trinajstić information content (AvgIpc) is 3.02. The molecule has 1 spiro atoms. The van der Waals surface area contributed by atoms with Gasteiger partial charge in [-0.3, -0.25) is 9.59 Å². The molecule has 36 heavy (non-hydrogen) atoms. The van der Waals surface area contributed by atoms with Gasteiger partial charge in [-0.15, -0.1) is 0 Å². The number of esters is 2. The molecule has 0 aromatic carbocycles. The molecule has 9 nitrogen and oxygen atoms in total. The van der Waals surface area contributed by atoms with Gasteiger partial charge in [0.15, 0.2) is 5.79 Å². The first-order valence-electron chi connectivity index (χ1n) is 13.5. The second-order valence-electron chi connectivity index (χ2n) is 12.7. The highest BCUT2D eigenvalue weighted by Crippen LogP contribution is 2.71. The predicted molar refractivity (Wildman–Crippen MR) is 126 cm³/mol. The van der Waals surface area contributed by atoms with Gasteiger partial charge in [-0.2, -0.15) is 0 Å². The highest BCUT2D eigenvalue weighted by Gasteiger charge is 2.77. The molecule has 9 heteroatoms. The lowest BCUT2D eigenvalue weighted by Crippen LogP contribution is -2.78. The van der Waals surface area contributed by atoms with Crippen LogP contribution in [0.2, 0.25) is 0 Å². The Bertz CT molecular complexity index is 921. The van der Waals surface area contributed by atoms with E-state index in [2.05, 4.69) is 0 Å². The fourth-order valence-corrected chi connectivity index (χ4v) is 9.19. The van der Waals surface area contributed by atoms with Crippen molar-refractivity contribution in [3.63, 3.8) is 0 Å². The Morgan fingerprint density at radius 3 is 2.47 bits per heavy atom. The fourth-order valence-electron chi connectivity index (χ4n) is 9.19. The summed E-state index contributed by atoms with van der Waals surface area (Å²) < 4.78 is 23.5. The van der Waals surface area contributed by atoms with Gasteiger partial charge in [0.25, 0.3) is 0 Å². The van der Waals surface area contributed by atoms with Crippen molar-refractivity contribution in [3.8, 4) is 0 Å². The van der Waals surface area contributed by atoms with E-state index in [9.17, 15) is 24.9 Å². The monoisotopic (exact) mass is 510 g/mol. The SMILES string of the molecule is CCOC(=O)C1CCC2(O)C3CCC4(O)CC(OC(C)=O)CC5OC(C)(C)OCC54C3C(O)CC12C. The van der Waals surface area contributed by atoms with Crippen molar-refractivity contribution < 1.29 is 43.9 Å². The molecule has 5 rings (SSSR count). The van der Waals surface area contributed by atoms with Crippen LogP contribution in [0.1, 0.15) is 79.6 Å². The summed E-state index contributed by atoms with van der Waals surface area (Å²) in [6.45, 7) is 9.11. The summed E-state index contributed by atoms with van der Waals surface area (Å²) in [5, 5.41) is 36.4. The summed E-state index contributed by atoms with van der Waals surface area (Å²) in [6.07, 6.45) is 0.652. The van der Waals surface area contributed by atoms with Crippen molar-refractivity contribution in [2.45, 2.75) is 115 Å². The Morgan fingerprint density at radius 1 is 1.08 bits per heavy atom. The van der Waals surface area contributed by atoms with Crippen LogP contribution in [0.15, 0.2) is 0 Å². The minimum atomic E-state index is -1.31. The smallest absolute Gasteiger partial charge is 0.309 e. The standard InChI is InChI=1S/C27H42O9/c1-6-33-22(30)18-8-10-27(32)17-7-9-25(31)12-16(35-15(2)28)11-20-26(25,14-34-23(3,4)36-20)21(17)19(29)13-24(18,27)5/h16-21,29,31-32H,6-14H2,1-5H3. The lowest BCUT2D eigenvalue weighted by atomic mass is 9.40. The second kappa shape index (κ2) is 8.37. The first kappa shape index (κ1) is 26.4. The summed E-state index contributed by atoms with van der Waals surface area (Å²) in [5.41, 5.74) is -4.33. The largest absolute Gasteiger partial charge is 0.466 e. The fraction of sp³-hybridized carbons (Fsp3) is 0.926. The Balaban J connectivity index is 1.57. The third kappa shape index (κ3) is 3.45. The van der Waals surface area contributed by atoms with Crippen LogP contribution in [0, 0.1) is 28.6 Å². The van der Waals surface area contributed by atoms with Crippen molar-refractivity contribution in [2.24, 2.45) is 28.6 Å². The lowest BCUT2D eigenvalue weighted by Gasteiger charge is -2.70. The van der Waals surface area contributed by atoms with E-state index in [1.54, 1.807) is 6.92 Å². The van der Waals surface area contributed by atoms with Crippen LogP contribution in [0.5, 0.6) is 0 Å². The second-order valence-corrected chi connectivity index (χ2v) is 12.7. The number of fused-ring (bicyclic) bond motifs is 3. The lowest BCUT2D eigenvalue weighted by molar-refractivity contribution is -0.401. The zero-order valence-electron chi connectivity index (χ0n) is 22.1. The normalized spacial score (nSPS) is 51.2. The Kier molecular flexibility index (Phi) is 6.13. The molecule has 5 aliphatic rings. The van der Waals surface area contributed by atoms with Gasteiger partial charge in [0.2, 0.25) is 0 Å². The summed E-state index contributed by atoms with van der Waals surface area (Å²) in [4.78, 5) is 24.7. The molecule has 5 fully saturated rings. The van der Waals surface area contributed by atoms with Crippen LogP contribution >= 0.6 is 0 Å². The maximum Gasteiger partial charge on any atom is 0.309 e. The van der Waals surface area contributed by atoms with Crippen molar-refractivity contribution in [3.05, 3.63) is 0 Å². The topological polar surface area (TPSA) is 132 Å². The molecule has 1 heterocycles. The molecule has 0 radical (unpaired) electrons. The number of carbonyl (C=O) groups is 2. The zero-order chi connectivity index (χ0) is 26.3. The van der Waals surface area contributed by atoms with Crippen LogP contribution in [0.3, 0.4) is 0 Å². The zero-order valence-corrected chi connectivity index (χ0v) is 22.1. The Hall–Kier alpha value is -1.26. The third-order valence-electron chi connectivity index (χ3n) is 10.6. The van der Waals surface area contributed by atoms with Gasteiger partial charge in [-0.1, -0.05) is 6.92 Å². The molecule has 0 aromatic rings. The first-order valence-corrected chi connectivity index (χ1v) is 13.5. The molecule has 0 aromatic heterocycles. The van der Waals surface area contributed by atoms with E-state index in [0.29, 0.717) is 32.1 Å². The van der Waals surface area contributed by atoms with Gasteiger partial charge in [0.05, 0.1) is 48.0 Å². The van der Waals surface area contributed by atoms with E-state index in [4.69, 9.17) is 18.9 Å². The highest BCUT2D eigenvalue weighted by molar-refractivity contribution is 5.74. The van der Waals surface area contributed by atoms with E-state index >= 15 is 0 Å².